The van der Waals surface area contributed by atoms with Gasteiger partial charge in [-0.2, -0.15) is 23.4 Å². The molecule has 1 atom stereocenters. The highest BCUT2D eigenvalue weighted by Crippen LogP contribution is 2.29. The zero-order valence-electron chi connectivity index (χ0n) is 13.0. The van der Waals surface area contributed by atoms with Crippen molar-refractivity contribution in [2.24, 2.45) is 0 Å². The number of carbonyl (C=O) groups is 1. The Balaban J connectivity index is 1.88. The minimum atomic E-state index is -4.40. The number of aromatic nitrogens is 5. The standard InChI is InChI=1S/C14H17F3N6O/c1-18-12(24)7-11-20-13(23(21-11)8-14(15,16)17)9-3-5-22-10(6-9)2-4-19-22/h2,4,9H,3,5-8H2,1H3,(H,18,24). The Morgan fingerprint density at radius 3 is 2.96 bits per heavy atom. The van der Waals surface area contributed by atoms with E-state index in [2.05, 4.69) is 20.5 Å². The second-order valence-corrected chi connectivity index (χ2v) is 5.74. The molecule has 2 aromatic rings. The molecule has 10 heteroatoms. The molecule has 0 bridgehead atoms. The molecule has 0 aliphatic carbocycles. The number of alkyl halides is 3. The van der Waals surface area contributed by atoms with Gasteiger partial charge < -0.3 is 5.32 Å². The lowest BCUT2D eigenvalue weighted by molar-refractivity contribution is -0.143. The van der Waals surface area contributed by atoms with Gasteiger partial charge in [0.05, 0.1) is 6.42 Å². The molecule has 3 rings (SSSR count). The largest absolute Gasteiger partial charge is 0.408 e. The highest BCUT2D eigenvalue weighted by Gasteiger charge is 2.33. The van der Waals surface area contributed by atoms with E-state index in [0.717, 1.165) is 10.4 Å². The van der Waals surface area contributed by atoms with Gasteiger partial charge >= 0.3 is 6.18 Å². The Hall–Kier alpha value is -2.39. The second-order valence-electron chi connectivity index (χ2n) is 5.74. The molecule has 3 heterocycles. The maximum Gasteiger partial charge on any atom is 0.408 e. The van der Waals surface area contributed by atoms with Crippen molar-refractivity contribution in [1.82, 2.24) is 29.9 Å². The third-order valence-corrected chi connectivity index (χ3v) is 3.99. The Morgan fingerprint density at radius 2 is 2.25 bits per heavy atom. The van der Waals surface area contributed by atoms with Crippen LogP contribution in [-0.2, 0) is 30.7 Å². The molecule has 1 aliphatic heterocycles. The van der Waals surface area contributed by atoms with Gasteiger partial charge in [-0.15, -0.1) is 0 Å². The number of halogens is 3. The highest BCUT2D eigenvalue weighted by atomic mass is 19.4. The van der Waals surface area contributed by atoms with Crippen LogP contribution in [0.15, 0.2) is 12.3 Å². The SMILES string of the molecule is CNC(=O)Cc1nc(C2CCn3nccc3C2)n(CC(F)(F)F)n1. The number of nitrogens with one attached hydrogen (secondary N) is 1. The maximum absolute atomic E-state index is 12.8. The first-order valence-corrected chi connectivity index (χ1v) is 7.57. The summed E-state index contributed by atoms with van der Waals surface area (Å²) in [7, 11) is 1.46. The summed E-state index contributed by atoms with van der Waals surface area (Å²) in [6.07, 6.45) is -1.68. The molecule has 1 unspecified atom stereocenters. The molecule has 0 spiro atoms. The molecule has 0 radical (unpaired) electrons. The lowest BCUT2D eigenvalue weighted by atomic mass is 9.95. The van der Waals surface area contributed by atoms with E-state index in [9.17, 15) is 18.0 Å². The molecular formula is C14H17F3N6O. The van der Waals surface area contributed by atoms with Crippen molar-refractivity contribution in [1.29, 1.82) is 0 Å². The minimum Gasteiger partial charge on any atom is -0.359 e. The summed E-state index contributed by atoms with van der Waals surface area (Å²) in [6, 6.07) is 1.85. The number of hydrogen-bond acceptors (Lipinski definition) is 4. The van der Waals surface area contributed by atoms with Crippen molar-refractivity contribution < 1.29 is 18.0 Å². The zero-order valence-corrected chi connectivity index (χ0v) is 13.0. The summed E-state index contributed by atoms with van der Waals surface area (Å²) in [6.45, 7) is -0.588. The molecule has 2 aromatic heterocycles. The number of rotatable bonds is 4. The first kappa shape index (κ1) is 16.5. The van der Waals surface area contributed by atoms with Crippen molar-refractivity contribution >= 4 is 5.91 Å². The van der Waals surface area contributed by atoms with Crippen LogP contribution in [0.4, 0.5) is 13.2 Å². The average Bonchev–Trinajstić information content (AvgIpc) is 3.11. The predicted molar refractivity (Wildman–Crippen MR) is 77.1 cm³/mol. The fraction of sp³-hybridized carbons (Fsp3) is 0.571. The monoisotopic (exact) mass is 342 g/mol. The summed E-state index contributed by atoms with van der Waals surface area (Å²) >= 11 is 0. The van der Waals surface area contributed by atoms with Crippen LogP contribution in [0.3, 0.4) is 0 Å². The smallest absolute Gasteiger partial charge is 0.359 e. The van der Waals surface area contributed by atoms with Gasteiger partial charge in [0.25, 0.3) is 0 Å². The average molecular weight is 342 g/mol. The number of aryl methyl sites for hydroxylation is 1. The molecular weight excluding hydrogens is 325 g/mol. The van der Waals surface area contributed by atoms with Gasteiger partial charge in [-0.25, -0.2) is 9.67 Å². The Bertz CT molecular complexity index is 735. The van der Waals surface area contributed by atoms with E-state index in [0.29, 0.717) is 19.4 Å². The lowest BCUT2D eigenvalue weighted by Gasteiger charge is -2.23. The topological polar surface area (TPSA) is 77.6 Å². The Labute approximate surface area is 135 Å². The molecule has 24 heavy (non-hydrogen) atoms. The van der Waals surface area contributed by atoms with Crippen LogP contribution < -0.4 is 5.32 Å². The first-order chi connectivity index (χ1) is 11.4. The molecule has 130 valence electrons. The highest BCUT2D eigenvalue weighted by molar-refractivity contribution is 5.77. The van der Waals surface area contributed by atoms with Gasteiger partial charge in [0.15, 0.2) is 5.82 Å². The zero-order chi connectivity index (χ0) is 17.3. The van der Waals surface area contributed by atoms with Crippen molar-refractivity contribution in [3.05, 3.63) is 29.6 Å². The van der Waals surface area contributed by atoms with Crippen molar-refractivity contribution in [3.63, 3.8) is 0 Å². The third-order valence-electron chi connectivity index (χ3n) is 3.99. The van der Waals surface area contributed by atoms with Gasteiger partial charge in [0.1, 0.15) is 12.4 Å². The molecule has 1 aliphatic rings. The van der Waals surface area contributed by atoms with E-state index >= 15 is 0 Å². The number of likely N-dealkylation sites (N-methyl/N-ethyl adjacent to an activating group) is 1. The van der Waals surface area contributed by atoms with Crippen LogP contribution in [0.1, 0.15) is 29.7 Å². The quantitative estimate of drug-likeness (QED) is 0.901. The van der Waals surface area contributed by atoms with E-state index in [1.165, 1.54) is 7.05 Å². The van der Waals surface area contributed by atoms with Crippen LogP contribution in [-0.4, -0.2) is 43.7 Å². The first-order valence-electron chi connectivity index (χ1n) is 7.57. The molecule has 0 saturated carbocycles. The van der Waals surface area contributed by atoms with Crippen LogP contribution in [0.25, 0.3) is 0 Å². The van der Waals surface area contributed by atoms with Gasteiger partial charge in [0, 0.05) is 31.4 Å². The molecule has 0 fully saturated rings. The van der Waals surface area contributed by atoms with Crippen LogP contribution in [0.2, 0.25) is 0 Å². The molecule has 7 nitrogen and oxygen atoms in total. The normalized spacial score (nSPS) is 17.6. The summed E-state index contributed by atoms with van der Waals surface area (Å²) in [5.41, 5.74) is 0.959. The van der Waals surface area contributed by atoms with E-state index in [4.69, 9.17) is 0 Å². The van der Waals surface area contributed by atoms with E-state index in [-0.39, 0.29) is 29.9 Å². The fourth-order valence-corrected chi connectivity index (χ4v) is 2.89. The molecule has 0 saturated heterocycles. The van der Waals surface area contributed by atoms with Crippen LogP contribution in [0, 0.1) is 0 Å². The van der Waals surface area contributed by atoms with Crippen molar-refractivity contribution in [3.8, 4) is 0 Å². The van der Waals surface area contributed by atoms with E-state index in [1.807, 2.05) is 10.7 Å². The van der Waals surface area contributed by atoms with Gasteiger partial charge in [-0.1, -0.05) is 0 Å². The lowest BCUT2D eigenvalue weighted by Crippen LogP contribution is -2.25. The minimum absolute atomic E-state index is 0.104. The molecule has 1 N–H and O–H groups in total. The Morgan fingerprint density at radius 1 is 1.46 bits per heavy atom. The van der Waals surface area contributed by atoms with Crippen LogP contribution in [0.5, 0.6) is 0 Å². The van der Waals surface area contributed by atoms with Gasteiger partial charge in [-0.05, 0) is 18.9 Å². The predicted octanol–water partition coefficient (Wildman–Crippen LogP) is 1.06. The fourth-order valence-electron chi connectivity index (χ4n) is 2.89. The summed E-state index contributed by atoms with van der Waals surface area (Å²) in [5, 5.41) is 10.5. The number of nitrogens with zero attached hydrogens (tertiary/aromatic N) is 5. The van der Waals surface area contributed by atoms with Crippen LogP contribution >= 0.6 is 0 Å². The van der Waals surface area contributed by atoms with Crippen molar-refractivity contribution in [2.75, 3.05) is 7.05 Å². The number of carbonyl (C=O) groups excluding carboxylic acids is 1. The van der Waals surface area contributed by atoms with Gasteiger partial charge in [-0.3, -0.25) is 9.48 Å². The number of fused-ring (bicyclic) bond motifs is 1. The summed E-state index contributed by atoms with van der Waals surface area (Å²) < 4.78 is 41.2. The maximum atomic E-state index is 12.8. The third kappa shape index (κ3) is 3.57. The van der Waals surface area contributed by atoms with Crippen molar-refractivity contribution in [2.45, 2.75) is 44.4 Å². The summed E-state index contributed by atoms with van der Waals surface area (Å²) in [5.74, 6) is -0.138. The Kier molecular flexibility index (Phi) is 4.29. The van der Waals surface area contributed by atoms with E-state index < -0.39 is 12.7 Å². The second kappa shape index (κ2) is 6.25. The molecule has 0 aromatic carbocycles. The summed E-state index contributed by atoms with van der Waals surface area (Å²) in [4.78, 5) is 15.7. The molecule has 1 amide bonds. The number of amides is 1. The van der Waals surface area contributed by atoms with Gasteiger partial charge in [0.2, 0.25) is 5.91 Å². The van der Waals surface area contributed by atoms with E-state index in [1.54, 1.807) is 6.20 Å². The number of hydrogen-bond donors (Lipinski definition) is 1.